The van der Waals surface area contributed by atoms with Gasteiger partial charge in [-0.3, -0.25) is 4.79 Å². The molecule has 1 saturated carbocycles. The molecule has 0 aromatic carbocycles. The van der Waals surface area contributed by atoms with E-state index in [-0.39, 0.29) is 11.9 Å². The third kappa shape index (κ3) is 4.62. The highest BCUT2D eigenvalue weighted by Crippen LogP contribution is 2.42. The molecular formula is C17H31N3O2. The van der Waals surface area contributed by atoms with E-state index in [0.29, 0.717) is 43.3 Å². The molecule has 0 aromatic heterocycles. The molecule has 1 saturated heterocycles. The van der Waals surface area contributed by atoms with E-state index in [1.807, 2.05) is 4.90 Å². The maximum absolute atomic E-state index is 12.6. The van der Waals surface area contributed by atoms with Crippen LogP contribution in [-0.2, 0) is 4.79 Å². The molecule has 126 valence electrons. The quantitative estimate of drug-likeness (QED) is 0.851. The molecule has 1 heterocycles. The van der Waals surface area contributed by atoms with Crippen LogP contribution in [0.5, 0.6) is 0 Å². The lowest BCUT2D eigenvalue weighted by molar-refractivity contribution is -0.132. The van der Waals surface area contributed by atoms with E-state index in [1.54, 1.807) is 4.90 Å². The molecule has 2 N–H and O–H groups in total. The third-order valence-electron chi connectivity index (χ3n) is 5.10. The summed E-state index contributed by atoms with van der Waals surface area (Å²) in [6.07, 6.45) is 5.04. The van der Waals surface area contributed by atoms with Crippen LogP contribution in [-0.4, -0.2) is 47.9 Å². The van der Waals surface area contributed by atoms with Crippen LogP contribution in [0.4, 0.5) is 4.79 Å². The molecule has 0 bridgehead atoms. The van der Waals surface area contributed by atoms with Gasteiger partial charge in [0.1, 0.15) is 0 Å². The number of urea groups is 1. The van der Waals surface area contributed by atoms with Gasteiger partial charge in [0.05, 0.1) is 0 Å². The minimum absolute atomic E-state index is 0.251. The minimum Gasteiger partial charge on any atom is -0.351 e. The van der Waals surface area contributed by atoms with E-state index < -0.39 is 0 Å². The second-order valence-corrected chi connectivity index (χ2v) is 8.04. The van der Waals surface area contributed by atoms with Crippen LogP contribution < -0.4 is 5.73 Å². The first kappa shape index (κ1) is 17.1. The normalized spacial score (nSPS) is 29.0. The summed E-state index contributed by atoms with van der Waals surface area (Å²) in [4.78, 5) is 27.4. The first-order valence-corrected chi connectivity index (χ1v) is 8.59. The Morgan fingerprint density at radius 2 is 1.73 bits per heavy atom. The Morgan fingerprint density at radius 1 is 1.09 bits per heavy atom. The summed E-state index contributed by atoms with van der Waals surface area (Å²) in [5.74, 6) is 1.46. The molecule has 2 rings (SSSR count). The predicted molar refractivity (Wildman–Crippen MR) is 87.3 cm³/mol. The number of primary amides is 1. The van der Waals surface area contributed by atoms with Gasteiger partial charge >= 0.3 is 6.03 Å². The first-order chi connectivity index (χ1) is 10.3. The standard InChI is InChI=1S/C17H31N3O2/c1-13-9-14(12-17(2,3)11-13)10-15(21)19-5-4-6-20(8-7-19)16(18)22/h13-14H,4-12H2,1-3H3,(H2,18,22)/t13-,14+/m0/s1. The third-order valence-corrected chi connectivity index (χ3v) is 5.10. The van der Waals surface area contributed by atoms with Gasteiger partial charge in [0, 0.05) is 32.6 Å². The Labute approximate surface area is 134 Å². The van der Waals surface area contributed by atoms with Gasteiger partial charge in [-0.2, -0.15) is 0 Å². The summed E-state index contributed by atoms with van der Waals surface area (Å²) < 4.78 is 0. The van der Waals surface area contributed by atoms with Crippen LogP contribution in [0.1, 0.15) is 52.9 Å². The number of hydrogen-bond acceptors (Lipinski definition) is 2. The lowest BCUT2D eigenvalue weighted by atomic mass is 9.67. The van der Waals surface area contributed by atoms with Gasteiger partial charge in [-0.05, 0) is 42.9 Å². The maximum atomic E-state index is 12.6. The van der Waals surface area contributed by atoms with Crippen molar-refractivity contribution >= 4 is 11.9 Å². The van der Waals surface area contributed by atoms with Gasteiger partial charge in [-0.15, -0.1) is 0 Å². The number of nitrogens with two attached hydrogens (primary N) is 1. The monoisotopic (exact) mass is 309 g/mol. The van der Waals surface area contributed by atoms with Gasteiger partial charge in [0.2, 0.25) is 5.91 Å². The number of carbonyl (C=O) groups is 2. The first-order valence-electron chi connectivity index (χ1n) is 8.59. The zero-order chi connectivity index (χ0) is 16.3. The Hall–Kier alpha value is -1.26. The molecule has 0 aromatic rings. The lowest BCUT2D eigenvalue weighted by Crippen LogP contribution is -2.40. The smallest absolute Gasteiger partial charge is 0.314 e. The molecule has 1 aliphatic carbocycles. The Bertz CT molecular complexity index is 422. The van der Waals surface area contributed by atoms with Gasteiger partial charge < -0.3 is 15.5 Å². The van der Waals surface area contributed by atoms with E-state index >= 15 is 0 Å². The van der Waals surface area contributed by atoms with Crippen LogP contribution in [0.2, 0.25) is 0 Å². The summed E-state index contributed by atoms with van der Waals surface area (Å²) in [5.41, 5.74) is 5.69. The molecule has 3 amide bonds. The maximum Gasteiger partial charge on any atom is 0.314 e. The molecule has 5 nitrogen and oxygen atoms in total. The molecule has 22 heavy (non-hydrogen) atoms. The molecule has 2 aliphatic rings. The Balaban J connectivity index is 1.88. The van der Waals surface area contributed by atoms with E-state index in [4.69, 9.17) is 5.73 Å². The molecule has 0 radical (unpaired) electrons. The molecular weight excluding hydrogens is 278 g/mol. The van der Waals surface area contributed by atoms with Crippen molar-refractivity contribution in [1.82, 2.24) is 9.80 Å². The molecule has 0 spiro atoms. The highest BCUT2D eigenvalue weighted by Gasteiger charge is 2.33. The zero-order valence-corrected chi connectivity index (χ0v) is 14.3. The van der Waals surface area contributed by atoms with Crippen LogP contribution in [0.25, 0.3) is 0 Å². The second-order valence-electron chi connectivity index (χ2n) is 8.04. The SMILES string of the molecule is C[C@H]1C[C@H](CC(=O)N2CCCN(C(N)=O)CC2)CC(C)(C)C1. The average Bonchev–Trinajstić information content (AvgIpc) is 2.61. The highest BCUT2D eigenvalue weighted by atomic mass is 16.2. The van der Waals surface area contributed by atoms with Gasteiger partial charge in [0.15, 0.2) is 0 Å². The fraction of sp³-hybridized carbons (Fsp3) is 0.882. The van der Waals surface area contributed by atoms with Crippen molar-refractivity contribution in [3.05, 3.63) is 0 Å². The number of nitrogens with zero attached hydrogens (tertiary/aromatic N) is 2. The van der Waals surface area contributed by atoms with Crippen molar-refractivity contribution < 1.29 is 9.59 Å². The fourth-order valence-electron chi connectivity index (χ4n) is 4.46. The van der Waals surface area contributed by atoms with Crippen molar-refractivity contribution in [1.29, 1.82) is 0 Å². The topological polar surface area (TPSA) is 66.6 Å². The molecule has 2 atom stereocenters. The van der Waals surface area contributed by atoms with Crippen molar-refractivity contribution in [3.63, 3.8) is 0 Å². The van der Waals surface area contributed by atoms with Gasteiger partial charge in [-0.1, -0.05) is 20.8 Å². The van der Waals surface area contributed by atoms with E-state index in [2.05, 4.69) is 20.8 Å². The summed E-state index contributed by atoms with van der Waals surface area (Å²) in [6.45, 7) is 9.52. The van der Waals surface area contributed by atoms with Crippen LogP contribution in [0, 0.1) is 17.3 Å². The predicted octanol–water partition coefficient (Wildman–Crippen LogP) is 2.45. The van der Waals surface area contributed by atoms with Crippen LogP contribution >= 0.6 is 0 Å². The van der Waals surface area contributed by atoms with E-state index in [9.17, 15) is 9.59 Å². The number of amides is 3. The summed E-state index contributed by atoms with van der Waals surface area (Å²) >= 11 is 0. The largest absolute Gasteiger partial charge is 0.351 e. The molecule has 1 aliphatic heterocycles. The van der Waals surface area contributed by atoms with E-state index in [0.717, 1.165) is 25.8 Å². The Kier molecular flexibility index (Phi) is 5.35. The van der Waals surface area contributed by atoms with Crippen molar-refractivity contribution in [3.8, 4) is 0 Å². The zero-order valence-electron chi connectivity index (χ0n) is 14.3. The van der Waals surface area contributed by atoms with Crippen LogP contribution in [0.15, 0.2) is 0 Å². The van der Waals surface area contributed by atoms with Gasteiger partial charge in [0.25, 0.3) is 0 Å². The van der Waals surface area contributed by atoms with E-state index in [1.165, 1.54) is 6.42 Å². The number of hydrogen-bond donors (Lipinski definition) is 1. The molecule has 5 heteroatoms. The van der Waals surface area contributed by atoms with Crippen molar-refractivity contribution in [2.45, 2.75) is 52.9 Å². The van der Waals surface area contributed by atoms with Crippen molar-refractivity contribution in [2.75, 3.05) is 26.2 Å². The summed E-state index contributed by atoms with van der Waals surface area (Å²) in [7, 11) is 0. The number of carbonyl (C=O) groups excluding carboxylic acids is 2. The summed E-state index contributed by atoms with van der Waals surface area (Å²) in [6, 6.07) is -0.378. The van der Waals surface area contributed by atoms with Gasteiger partial charge in [-0.25, -0.2) is 4.79 Å². The fourth-order valence-corrected chi connectivity index (χ4v) is 4.46. The Morgan fingerprint density at radius 3 is 2.36 bits per heavy atom. The number of rotatable bonds is 2. The average molecular weight is 309 g/mol. The van der Waals surface area contributed by atoms with Crippen LogP contribution in [0.3, 0.4) is 0 Å². The molecule has 2 fully saturated rings. The second kappa shape index (κ2) is 6.88. The summed E-state index contributed by atoms with van der Waals surface area (Å²) in [5, 5.41) is 0. The molecule has 0 unspecified atom stereocenters. The van der Waals surface area contributed by atoms with Crippen molar-refractivity contribution in [2.24, 2.45) is 23.0 Å². The highest BCUT2D eigenvalue weighted by molar-refractivity contribution is 5.77. The minimum atomic E-state index is -0.378. The lowest BCUT2D eigenvalue weighted by Gasteiger charge is -2.39.